The number of halogens is 1. The number of aromatic nitrogens is 4. The third-order valence-corrected chi connectivity index (χ3v) is 3.79. The number of anilines is 1. The predicted molar refractivity (Wildman–Crippen MR) is 84.7 cm³/mol. The Balaban J connectivity index is 0.00000121. The van der Waals surface area contributed by atoms with Crippen LogP contribution in [0.1, 0.15) is 6.23 Å². The van der Waals surface area contributed by atoms with Gasteiger partial charge in [0.1, 0.15) is 24.6 Å². The molecule has 112 valence electrons. The molecule has 0 radical (unpaired) electrons. The first-order valence-electron chi connectivity index (χ1n) is 5.81. The molecule has 2 aromatic rings. The molecule has 12 heteroatoms. The molecule has 1 saturated heterocycles. The van der Waals surface area contributed by atoms with Gasteiger partial charge in [-0.15, -0.1) is 0 Å². The van der Waals surface area contributed by atoms with Crippen molar-refractivity contribution in [2.75, 3.05) is 12.3 Å². The molecule has 0 bridgehead atoms. The van der Waals surface area contributed by atoms with E-state index in [1.807, 2.05) is 0 Å². The number of rotatable bonds is 2. The van der Waals surface area contributed by atoms with E-state index in [-0.39, 0.29) is 64.9 Å². The molecule has 4 atom stereocenters. The van der Waals surface area contributed by atoms with Crippen LogP contribution in [0.5, 0.6) is 0 Å². The summed E-state index contributed by atoms with van der Waals surface area (Å²) in [6, 6.07) is 0. The topological polar surface area (TPSA) is 140 Å². The van der Waals surface area contributed by atoms with Crippen molar-refractivity contribution < 1.29 is 20.1 Å². The van der Waals surface area contributed by atoms with Gasteiger partial charge in [0.05, 0.1) is 6.61 Å². The van der Waals surface area contributed by atoms with Crippen molar-refractivity contribution >= 4 is 92.0 Å². The van der Waals surface area contributed by atoms with Gasteiger partial charge in [-0.05, 0) is 15.9 Å². The fourth-order valence-corrected chi connectivity index (χ4v) is 2.77. The van der Waals surface area contributed by atoms with Crippen LogP contribution in [-0.4, -0.2) is 119 Å². The number of ether oxygens (including phenoxy) is 1. The third kappa shape index (κ3) is 3.38. The average Bonchev–Trinajstić information content (AvgIpc) is 2.90. The summed E-state index contributed by atoms with van der Waals surface area (Å²) in [7, 11) is 0. The van der Waals surface area contributed by atoms with E-state index in [1.165, 1.54) is 10.9 Å². The van der Waals surface area contributed by atoms with E-state index in [2.05, 4.69) is 30.9 Å². The van der Waals surface area contributed by atoms with E-state index >= 15 is 0 Å². The number of fused-ring (bicyclic) bond motifs is 1. The zero-order chi connectivity index (χ0) is 14.4. The monoisotopic (exact) mass is 393 g/mol. The predicted octanol–water partition coefficient (Wildman–Crippen LogP) is -2.51. The van der Waals surface area contributed by atoms with Gasteiger partial charge in [0, 0.05) is 0 Å². The standard InChI is InChI=1S/C10H12BrN5O4.2Na.2H/c11-10-15-4-7(12)13-2-14-8(4)16(10)9-6(19)5(18)3(1-17)20-9;;;;/h2-3,5-6,9,17-19H,1H2,(H2,12,13,14);;;;/t3-,5-,6-,9-;;;;/m1..../s1. The first kappa shape index (κ1) is 20.7. The summed E-state index contributed by atoms with van der Waals surface area (Å²) in [5.74, 6) is 0.196. The molecule has 9 nitrogen and oxygen atoms in total. The zero-order valence-corrected chi connectivity index (χ0v) is 11.7. The summed E-state index contributed by atoms with van der Waals surface area (Å²) in [6.07, 6.45) is -2.97. The van der Waals surface area contributed by atoms with E-state index in [9.17, 15) is 10.2 Å². The molecular formula is C10H14BrN5Na2O4. The Morgan fingerprint density at radius 1 is 1.27 bits per heavy atom. The van der Waals surface area contributed by atoms with Gasteiger partial charge < -0.3 is 25.8 Å². The quantitative estimate of drug-likeness (QED) is 0.324. The maximum absolute atomic E-state index is 10.1. The van der Waals surface area contributed by atoms with Crippen molar-refractivity contribution in [1.29, 1.82) is 0 Å². The number of aliphatic hydroxyl groups excluding tert-OH is 3. The molecule has 22 heavy (non-hydrogen) atoms. The Hall–Kier alpha value is 0.670. The van der Waals surface area contributed by atoms with Gasteiger partial charge in [-0.2, -0.15) is 0 Å². The van der Waals surface area contributed by atoms with Crippen LogP contribution in [0.2, 0.25) is 0 Å². The minimum atomic E-state index is -1.22. The van der Waals surface area contributed by atoms with Gasteiger partial charge in [0.15, 0.2) is 27.9 Å². The van der Waals surface area contributed by atoms with Gasteiger partial charge in [-0.1, -0.05) is 0 Å². The van der Waals surface area contributed by atoms with Gasteiger partial charge in [-0.25, -0.2) is 15.0 Å². The summed E-state index contributed by atoms with van der Waals surface area (Å²) in [6.45, 7) is -0.407. The van der Waals surface area contributed by atoms with Crippen molar-refractivity contribution in [2.24, 2.45) is 0 Å². The Bertz CT molecular complexity index is 660. The van der Waals surface area contributed by atoms with Crippen LogP contribution in [0.4, 0.5) is 5.82 Å². The van der Waals surface area contributed by atoms with E-state index < -0.39 is 31.1 Å². The second-order valence-electron chi connectivity index (χ2n) is 4.41. The Morgan fingerprint density at radius 3 is 2.55 bits per heavy atom. The SMILES string of the molecule is Nc1ncnc2c1nc(Br)n2[C@@H]1O[C@H](CO)[C@@H](O)[C@H]1O.[NaH].[NaH]. The summed E-state index contributed by atoms with van der Waals surface area (Å²) >= 11 is 3.24. The second-order valence-corrected chi connectivity index (χ2v) is 5.12. The number of nitrogen functional groups attached to an aromatic ring is 1. The summed E-state index contributed by atoms with van der Waals surface area (Å²) in [4.78, 5) is 12.1. The molecule has 2 aromatic heterocycles. The van der Waals surface area contributed by atoms with E-state index in [0.717, 1.165) is 0 Å². The first-order valence-corrected chi connectivity index (χ1v) is 6.60. The Kier molecular flexibility index (Phi) is 7.69. The molecule has 0 amide bonds. The van der Waals surface area contributed by atoms with Crippen LogP contribution in [0.3, 0.4) is 0 Å². The van der Waals surface area contributed by atoms with E-state index in [0.29, 0.717) is 15.9 Å². The number of hydrogen-bond donors (Lipinski definition) is 4. The number of hydrogen-bond acceptors (Lipinski definition) is 8. The molecule has 1 aliphatic heterocycles. The molecule has 3 rings (SSSR count). The van der Waals surface area contributed by atoms with Crippen molar-refractivity contribution in [2.45, 2.75) is 24.5 Å². The van der Waals surface area contributed by atoms with Crippen LogP contribution in [0.15, 0.2) is 11.1 Å². The fraction of sp³-hybridized carbons (Fsp3) is 0.500. The van der Waals surface area contributed by atoms with Crippen molar-refractivity contribution in [3.63, 3.8) is 0 Å². The van der Waals surface area contributed by atoms with Gasteiger partial charge in [-0.3, -0.25) is 4.57 Å². The van der Waals surface area contributed by atoms with Crippen LogP contribution < -0.4 is 5.73 Å². The number of nitrogens with two attached hydrogens (primary N) is 1. The second kappa shape index (κ2) is 8.17. The van der Waals surface area contributed by atoms with Crippen LogP contribution in [0.25, 0.3) is 11.2 Å². The van der Waals surface area contributed by atoms with Crippen LogP contribution >= 0.6 is 15.9 Å². The Morgan fingerprint density at radius 2 is 1.95 bits per heavy atom. The van der Waals surface area contributed by atoms with Crippen LogP contribution in [0, 0.1) is 0 Å². The summed E-state index contributed by atoms with van der Waals surface area (Å²) in [5, 5.41) is 29.0. The van der Waals surface area contributed by atoms with Gasteiger partial charge >= 0.3 is 59.1 Å². The van der Waals surface area contributed by atoms with Crippen molar-refractivity contribution in [3.05, 3.63) is 11.1 Å². The zero-order valence-electron chi connectivity index (χ0n) is 10.1. The van der Waals surface area contributed by atoms with Gasteiger partial charge in [0.2, 0.25) is 0 Å². The molecule has 0 aliphatic carbocycles. The maximum atomic E-state index is 10.1. The molecule has 0 aromatic carbocycles. The molecule has 5 N–H and O–H groups in total. The molecule has 1 aliphatic rings. The molecule has 0 saturated carbocycles. The normalized spacial score (nSPS) is 27.5. The molecule has 1 fully saturated rings. The first-order chi connectivity index (χ1) is 9.54. The number of aliphatic hydroxyl groups is 3. The summed E-state index contributed by atoms with van der Waals surface area (Å²) < 4.78 is 7.23. The van der Waals surface area contributed by atoms with Crippen molar-refractivity contribution in [1.82, 2.24) is 19.5 Å². The van der Waals surface area contributed by atoms with E-state index in [4.69, 9.17) is 15.6 Å². The van der Waals surface area contributed by atoms with Gasteiger partial charge in [0.25, 0.3) is 0 Å². The van der Waals surface area contributed by atoms with E-state index in [1.54, 1.807) is 0 Å². The average molecular weight is 394 g/mol. The number of imidazole rings is 1. The molecule has 3 heterocycles. The molecular weight excluding hydrogens is 380 g/mol. The van der Waals surface area contributed by atoms with Crippen LogP contribution in [-0.2, 0) is 4.74 Å². The third-order valence-electron chi connectivity index (χ3n) is 3.23. The summed E-state index contributed by atoms with van der Waals surface area (Å²) in [5.41, 5.74) is 6.43. The number of nitrogens with zero attached hydrogens (tertiary/aromatic N) is 4. The van der Waals surface area contributed by atoms with Crippen molar-refractivity contribution in [3.8, 4) is 0 Å². The fourth-order valence-electron chi connectivity index (χ4n) is 2.22. The molecule has 0 spiro atoms. The Labute approximate surface area is 178 Å². The molecule has 0 unspecified atom stereocenters. The minimum absolute atomic E-state index is 0.